The molecule has 1 aromatic rings. The molecule has 154 valence electrons. The van der Waals surface area contributed by atoms with Crippen molar-refractivity contribution >= 4 is 5.91 Å². The molecule has 5 heteroatoms. The zero-order chi connectivity index (χ0) is 20.4. The molecule has 0 spiro atoms. The minimum Gasteiger partial charge on any atom is -0.497 e. The molecule has 4 fully saturated rings. The number of carbonyl (C=O) groups excluding carboxylic acids is 1. The molecular formula is C24H31N3O2. The molecule has 4 aliphatic rings. The average molecular weight is 394 g/mol. The van der Waals surface area contributed by atoms with E-state index in [1.165, 1.54) is 44.7 Å². The number of hydrogen-bond donors (Lipinski definition) is 2. The van der Waals surface area contributed by atoms with Gasteiger partial charge >= 0.3 is 0 Å². The van der Waals surface area contributed by atoms with E-state index >= 15 is 0 Å². The van der Waals surface area contributed by atoms with E-state index < -0.39 is 0 Å². The van der Waals surface area contributed by atoms with E-state index in [9.17, 15) is 10.1 Å². The third-order valence-electron chi connectivity index (χ3n) is 7.43. The van der Waals surface area contributed by atoms with Gasteiger partial charge in [0.2, 0.25) is 0 Å². The van der Waals surface area contributed by atoms with Crippen molar-refractivity contribution < 1.29 is 9.53 Å². The molecule has 1 unspecified atom stereocenters. The monoisotopic (exact) mass is 393 g/mol. The number of benzene rings is 1. The summed E-state index contributed by atoms with van der Waals surface area (Å²) in [6, 6.07) is 9.87. The summed E-state index contributed by atoms with van der Waals surface area (Å²) in [7, 11) is 1.64. The van der Waals surface area contributed by atoms with Gasteiger partial charge in [0.15, 0.2) is 0 Å². The molecule has 5 nitrogen and oxygen atoms in total. The Labute approximate surface area is 173 Å². The summed E-state index contributed by atoms with van der Waals surface area (Å²) in [4.78, 5) is 12.7. The first-order chi connectivity index (χ1) is 14.0. The lowest BCUT2D eigenvalue weighted by Crippen LogP contribution is -2.56. The van der Waals surface area contributed by atoms with Crippen molar-refractivity contribution in [1.82, 2.24) is 10.6 Å². The zero-order valence-corrected chi connectivity index (χ0v) is 17.4. The Morgan fingerprint density at radius 3 is 2.31 bits per heavy atom. The van der Waals surface area contributed by atoms with Crippen molar-refractivity contribution in [3.05, 3.63) is 41.6 Å². The second-order valence-electron chi connectivity index (χ2n) is 9.37. The third kappa shape index (κ3) is 4.12. The van der Waals surface area contributed by atoms with E-state index in [1.54, 1.807) is 7.11 Å². The zero-order valence-electron chi connectivity index (χ0n) is 17.4. The van der Waals surface area contributed by atoms with Gasteiger partial charge in [0.05, 0.1) is 7.11 Å². The normalized spacial score (nSPS) is 31.1. The van der Waals surface area contributed by atoms with Crippen LogP contribution in [0.15, 0.2) is 36.0 Å². The molecule has 4 bridgehead atoms. The number of amides is 1. The van der Waals surface area contributed by atoms with Crippen LogP contribution in [-0.2, 0) is 11.3 Å². The number of ether oxygens (including phenoxy) is 1. The smallest absolute Gasteiger partial charge is 0.263 e. The van der Waals surface area contributed by atoms with E-state index in [4.69, 9.17) is 4.74 Å². The molecule has 1 aromatic carbocycles. The van der Waals surface area contributed by atoms with Crippen LogP contribution in [0.3, 0.4) is 0 Å². The van der Waals surface area contributed by atoms with Gasteiger partial charge in [-0.25, -0.2) is 0 Å². The Balaban J connectivity index is 1.34. The van der Waals surface area contributed by atoms with Crippen LogP contribution >= 0.6 is 0 Å². The maximum Gasteiger partial charge on any atom is 0.263 e. The van der Waals surface area contributed by atoms with E-state index in [0.29, 0.717) is 6.54 Å². The Morgan fingerprint density at radius 1 is 1.21 bits per heavy atom. The minimum absolute atomic E-state index is 0.113. The molecule has 4 saturated carbocycles. The van der Waals surface area contributed by atoms with Crippen LogP contribution in [0.25, 0.3) is 0 Å². The fraction of sp³-hybridized carbons (Fsp3) is 0.583. The van der Waals surface area contributed by atoms with Crippen molar-refractivity contribution in [3.8, 4) is 11.8 Å². The van der Waals surface area contributed by atoms with Crippen LogP contribution in [0.2, 0.25) is 0 Å². The first-order valence-corrected chi connectivity index (χ1v) is 10.8. The van der Waals surface area contributed by atoms with E-state index in [-0.39, 0.29) is 22.9 Å². The molecule has 1 amide bonds. The fourth-order valence-corrected chi connectivity index (χ4v) is 6.30. The highest BCUT2D eigenvalue weighted by Gasteiger charge is 2.53. The van der Waals surface area contributed by atoms with Crippen molar-refractivity contribution in [2.24, 2.45) is 23.2 Å². The number of rotatable bonds is 7. The fourth-order valence-electron chi connectivity index (χ4n) is 6.30. The first-order valence-electron chi connectivity index (χ1n) is 10.8. The summed E-state index contributed by atoms with van der Waals surface area (Å²) in [5, 5.41) is 15.7. The molecule has 29 heavy (non-hydrogen) atoms. The van der Waals surface area contributed by atoms with Gasteiger partial charge in [-0.2, -0.15) is 5.26 Å². The quantitative estimate of drug-likeness (QED) is 0.544. The minimum atomic E-state index is -0.266. The highest BCUT2D eigenvalue weighted by atomic mass is 16.5. The number of hydrogen-bond acceptors (Lipinski definition) is 4. The lowest BCUT2D eigenvalue weighted by Gasteiger charge is -2.59. The van der Waals surface area contributed by atoms with Crippen molar-refractivity contribution in [3.63, 3.8) is 0 Å². The number of nitrogens with one attached hydrogen (secondary N) is 2. The second kappa shape index (κ2) is 8.10. The highest BCUT2D eigenvalue weighted by molar-refractivity contribution is 5.97. The lowest BCUT2D eigenvalue weighted by atomic mass is 9.48. The molecule has 2 N–H and O–H groups in total. The topological polar surface area (TPSA) is 74.1 Å². The molecule has 5 rings (SSSR count). The largest absolute Gasteiger partial charge is 0.497 e. The molecule has 0 radical (unpaired) electrons. The van der Waals surface area contributed by atoms with Crippen molar-refractivity contribution in [1.29, 1.82) is 5.26 Å². The maximum absolute atomic E-state index is 12.7. The van der Waals surface area contributed by atoms with Gasteiger partial charge in [-0.3, -0.25) is 4.79 Å². The van der Waals surface area contributed by atoms with Crippen LogP contribution < -0.4 is 15.4 Å². The Bertz CT molecular complexity index is 786. The van der Waals surface area contributed by atoms with E-state index in [0.717, 1.165) is 29.1 Å². The SMILES string of the molecule is COc1ccc(CN/C=C(/C#N)C(=O)NC(C)C23CC4CC(CC(C4)C2)C3)cc1. The molecule has 0 saturated heterocycles. The molecule has 1 atom stereocenters. The van der Waals surface area contributed by atoms with Crippen LogP contribution in [0.1, 0.15) is 51.0 Å². The van der Waals surface area contributed by atoms with Crippen LogP contribution in [-0.4, -0.2) is 19.1 Å². The van der Waals surface area contributed by atoms with E-state index in [2.05, 4.69) is 23.6 Å². The van der Waals surface area contributed by atoms with Gasteiger partial charge in [0, 0.05) is 18.8 Å². The summed E-state index contributed by atoms with van der Waals surface area (Å²) < 4.78 is 5.16. The predicted molar refractivity (Wildman–Crippen MR) is 112 cm³/mol. The summed E-state index contributed by atoms with van der Waals surface area (Å²) >= 11 is 0. The predicted octanol–water partition coefficient (Wildman–Crippen LogP) is 3.91. The van der Waals surface area contributed by atoms with Gasteiger partial charge in [0.25, 0.3) is 5.91 Å². The first kappa shape index (κ1) is 19.8. The average Bonchev–Trinajstić information content (AvgIpc) is 2.70. The summed E-state index contributed by atoms with van der Waals surface area (Å²) in [6.07, 6.45) is 9.41. The number of nitriles is 1. The molecule has 0 aliphatic heterocycles. The van der Waals surface area contributed by atoms with E-state index in [1.807, 2.05) is 24.3 Å². The van der Waals surface area contributed by atoms with Crippen molar-refractivity contribution in [2.75, 3.05) is 7.11 Å². The summed E-state index contributed by atoms with van der Waals surface area (Å²) in [5.74, 6) is 3.08. The standard InChI is InChI=1S/C24H31N3O2/c1-16(24-10-18-7-19(11-24)9-20(8-18)12-24)27-23(28)21(13-25)15-26-14-17-3-5-22(29-2)6-4-17/h3-6,15-16,18-20,26H,7-12,14H2,1-2H3,(H,27,28)/b21-15-. The van der Waals surface area contributed by atoms with Crippen LogP contribution in [0, 0.1) is 34.5 Å². The highest BCUT2D eigenvalue weighted by Crippen LogP contribution is 2.61. The molecular weight excluding hydrogens is 362 g/mol. The summed E-state index contributed by atoms with van der Waals surface area (Å²) in [5.41, 5.74) is 1.43. The van der Waals surface area contributed by atoms with Crippen LogP contribution in [0.5, 0.6) is 5.75 Å². The molecule has 4 aliphatic carbocycles. The number of methoxy groups -OCH3 is 1. The van der Waals surface area contributed by atoms with Gasteiger partial charge in [-0.1, -0.05) is 12.1 Å². The number of carbonyl (C=O) groups is 1. The van der Waals surface area contributed by atoms with Gasteiger partial charge in [0.1, 0.15) is 17.4 Å². The third-order valence-corrected chi connectivity index (χ3v) is 7.43. The second-order valence-corrected chi connectivity index (χ2v) is 9.37. The Kier molecular flexibility index (Phi) is 5.54. The van der Waals surface area contributed by atoms with Crippen LogP contribution in [0.4, 0.5) is 0 Å². The van der Waals surface area contributed by atoms with Gasteiger partial charge < -0.3 is 15.4 Å². The number of nitrogens with zero attached hydrogens (tertiary/aromatic N) is 1. The molecule has 0 aromatic heterocycles. The van der Waals surface area contributed by atoms with Gasteiger partial charge in [-0.15, -0.1) is 0 Å². The molecule has 0 heterocycles. The maximum atomic E-state index is 12.7. The Hall–Kier alpha value is -2.48. The summed E-state index contributed by atoms with van der Waals surface area (Å²) in [6.45, 7) is 2.69. The van der Waals surface area contributed by atoms with Gasteiger partial charge in [-0.05, 0) is 86.3 Å². The Morgan fingerprint density at radius 2 is 1.79 bits per heavy atom. The lowest BCUT2D eigenvalue weighted by molar-refractivity contribution is -0.122. The van der Waals surface area contributed by atoms with Crippen molar-refractivity contribution in [2.45, 2.75) is 58.0 Å².